The number of nitrogens with two attached hydrogens (primary N) is 1. The first-order valence-electron chi connectivity index (χ1n) is 5.45. The molecule has 0 aliphatic rings. The summed E-state index contributed by atoms with van der Waals surface area (Å²) in [6.45, 7) is -1.54. The number of halogens is 2. The molecule has 0 aliphatic carbocycles. The number of hydrogen-bond acceptors (Lipinski definition) is 3. The summed E-state index contributed by atoms with van der Waals surface area (Å²) in [7, 11) is 1.49. The van der Waals surface area contributed by atoms with Crippen LogP contribution in [0.5, 0.6) is 5.75 Å². The van der Waals surface area contributed by atoms with Crippen LogP contribution < -0.4 is 15.8 Å². The highest BCUT2D eigenvalue weighted by molar-refractivity contribution is 5.79. The van der Waals surface area contributed by atoms with E-state index in [9.17, 15) is 13.6 Å². The van der Waals surface area contributed by atoms with Crippen LogP contribution in [0.4, 0.5) is 8.78 Å². The van der Waals surface area contributed by atoms with E-state index >= 15 is 0 Å². The Morgan fingerprint density at radius 3 is 2.72 bits per heavy atom. The van der Waals surface area contributed by atoms with Gasteiger partial charge in [0, 0.05) is 5.56 Å². The second kappa shape index (κ2) is 6.30. The maximum atomic E-state index is 12.8. The minimum absolute atomic E-state index is 0.00926. The predicted octanol–water partition coefficient (Wildman–Crippen LogP) is 0.948. The number of amides is 1. The Hall–Kier alpha value is -1.69. The Morgan fingerprint density at radius 2 is 2.11 bits per heavy atom. The van der Waals surface area contributed by atoms with Crippen molar-refractivity contribution in [2.45, 2.75) is 12.3 Å². The molecule has 18 heavy (non-hydrogen) atoms. The number of para-hydroxylation sites is 1. The van der Waals surface area contributed by atoms with E-state index in [2.05, 4.69) is 5.32 Å². The van der Waals surface area contributed by atoms with Crippen LogP contribution in [0, 0.1) is 0 Å². The highest BCUT2D eigenvalue weighted by Crippen LogP contribution is 2.17. The van der Waals surface area contributed by atoms with E-state index in [0.29, 0.717) is 11.3 Å². The van der Waals surface area contributed by atoms with Gasteiger partial charge in [0.2, 0.25) is 5.91 Å². The second-order valence-corrected chi connectivity index (χ2v) is 3.83. The van der Waals surface area contributed by atoms with Gasteiger partial charge in [0.15, 0.2) is 0 Å². The smallest absolute Gasteiger partial charge is 0.277 e. The van der Waals surface area contributed by atoms with Crippen LogP contribution in [0.3, 0.4) is 0 Å². The summed E-state index contributed by atoms with van der Waals surface area (Å²) in [5.74, 6) is -3.01. The number of hydrogen-bond donors (Lipinski definition) is 2. The van der Waals surface area contributed by atoms with Crippen molar-refractivity contribution in [3.05, 3.63) is 29.8 Å². The van der Waals surface area contributed by atoms with Gasteiger partial charge >= 0.3 is 0 Å². The van der Waals surface area contributed by atoms with E-state index in [1.165, 1.54) is 7.11 Å². The fourth-order valence-corrected chi connectivity index (χ4v) is 1.38. The average molecular weight is 258 g/mol. The molecule has 0 heterocycles. The Balaban J connectivity index is 2.55. The van der Waals surface area contributed by atoms with E-state index in [0.717, 1.165) is 0 Å². The van der Waals surface area contributed by atoms with Gasteiger partial charge in [-0.15, -0.1) is 0 Å². The van der Waals surface area contributed by atoms with Crippen molar-refractivity contribution >= 4 is 5.91 Å². The lowest BCUT2D eigenvalue weighted by Gasteiger charge is -2.15. The van der Waals surface area contributed by atoms with Gasteiger partial charge < -0.3 is 15.8 Å². The van der Waals surface area contributed by atoms with Crippen LogP contribution in [0.1, 0.15) is 5.56 Å². The van der Waals surface area contributed by atoms with Crippen molar-refractivity contribution in [1.29, 1.82) is 0 Å². The quantitative estimate of drug-likeness (QED) is 0.798. The predicted molar refractivity (Wildman–Crippen MR) is 63.7 cm³/mol. The van der Waals surface area contributed by atoms with Crippen LogP contribution in [-0.2, 0) is 11.2 Å². The molecule has 4 nitrogen and oxygen atoms in total. The number of alkyl halides is 2. The van der Waals surface area contributed by atoms with E-state index in [1.54, 1.807) is 24.3 Å². The number of benzene rings is 1. The Kier molecular flexibility index (Phi) is 5.03. The molecule has 1 amide bonds. The van der Waals surface area contributed by atoms with Gasteiger partial charge in [-0.3, -0.25) is 4.79 Å². The standard InChI is InChI=1S/C12H16F2N2O2/c1-18-10-5-3-2-4-9(10)6-11(17)16-8-12(13,14)7-15/h2-5H,6-8,15H2,1H3,(H,16,17). The van der Waals surface area contributed by atoms with Crippen molar-refractivity contribution < 1.29 is 18.3 Å². The first kappa shape index (κ1) is 14.4. The number of ether oxygens (including phenoxy) is 1. The minimum Gasteiger partial charge on any atom is -0.496 e. The Bertz CT molecular complexity index is 411. The fourth-order valence-electron chi connectivity index (χ4n) is 1.38. The monoisotopic (exact) mass is 258 g/mol. The molecule has 0 saturated carbocycles. The second-order valence-electron chi connectivity index (χ2n) is 3.83. The zero-order chi connectivity index (χ0) is 13.6. The van der Waals surface area contributed by atoms with Crippen LogP contribution in [0.25, 0.3) is 0 Å². The van der Waals surface area contributed by atoms with Crippen molar-refractivity contribution in [2.75, 3.05) is 20.2 Å². The molecular weight excluding hydrogens is 242 g/mol. The molecule has 0 spiro atoms. The molecule has 3 N–H and O–H groups in total. The molecule has 0 atom stereocenters. The third-order valence-corrected chi connectivity index (χ3v) is 2.39. The summed E-state index contributed by atoms with van der Waals surface area (Å²) >= 11 is 0. The van der Waals surface area contributed by atoms with Crippen molar-refractivity contribution in [1.82, 2.24) is 5.32 Å². The first-order valence-corrected chi connectivity index (χ1v) is 5.45. The third kappa shape index (κ3) is 4.29. The molecule has 0 fully saturated rings. The molecule has 0 radical (unpaired) electrons. The molecular formula is C12H16F2N2O2. The zero-order valence-electron chi connectivity index (χ0n) is 10.1. The number of rotatable bonds is 6. The highest BCUT2D eigenvalue weighted by Gasteiger charge is 2.27. The van der Waals surface area contributed by atoms with E-state index < -0.39 is 24.9 Å². The van der Waals surface area contributed by atoms with Crippen molar-refractivity contribution in [3.8, 4) is 5.75 Å². The Morgan fingerprint density at radius 1 is 1.44 bits per heavy atom. The molecule has 1 aromatic rings. The molecule has 0 bridgehead atoms. The molecule has 1 rings (SSSR count). The molecule has 100 valence electrons. The number of carbonyl (C=O) groups is 1. The lowest BCUT2D eigenvalue weighted by molar-refractivity contribution is -0.122. The maximum Gasteiger partial charge on any atom is 0.277 e. The average Bonchev–Trinajstić information content (AvgIpc) is 2.37. The van der Waals surface area contributed by atoms with Gasteiger partial charge in [-0.05, 0) is 6.07 Å². The largest absolute Gasteiger partial charge is 0.496 e. The SMILES string of the molecule is COc1ccccc1CC(=O)NCC(F)(F)CN. The van der Waals surface area contributed by atoms with Crippen molar-refractivity contribution in [3.63, 3.8) is 0 Å². The van der Waals surface area contributed by atoms with Gasteiger partial charge in [-0.1, -0.05) is 18.2 Å². The molecule has 1 aromatic carbocycles. The molecule has 0 aliphatic heterocycles. The number of nitrogens with one attached hydrogen (secondary N) is 1. The van der Waals surface area contributed by atoms with Crippen LogP contribution >= 0.6 is 0 Å². The lowest BCUT2D eigenvalue weighted by Crippen LogP contribution is -2.42. The number of carbonyl (C=O) groups excluding carboxylic acids is 1. The van der Waals surface area contributed by atoms with Crippen molar-refractivity contribution in [2.24, 2.45) is 5.73 Å². The van der Waals surface area contributed by atoms with Crippen LogP contribution in [0.15, 0.2) is 24.3 Å². The zero-order valence-corrected chi connectivity index (χ0v) is 10.1. The molecule has 0 saturated heterocycles. The summed E-state index contributed by atoms with van der Waals surface area (Å²) < 4.78 is 30.7. The van der Waals surface area contributed by atoms with Gasteiger partial charge in [-0.25, -0.2) is 8.78 Å². The molecule has 0 unspecified atom stereocenters. The normalized spacial score (nSPS) is 11.1. The number of methoxy groups -OCH3 is 1. The summed E-state index contributed by atoms with van der Waals surface area (Å²) in [5, 5.41) is 2.15. The maximum absolute atomic E-state index is 12.8. The van der Waals surface area contributed by atoms with Crippen LogP contribution in [-0.4, -0.2) is 32.0 Å². The summed E-state index contributed by atoms with van der Waals surface area (Å²) in [6.07, 6.45) is -0.00926. The summed E-state index contributed by atoms with van der Waals surface area (Å²) in [6, 6.07) is 6.93. The topological polar surface area (TPSA) is 64.3 Å². The molecule has 6 heteroatoms. The van der Waals surface area contributed by atoms with E-state index in [-0.39, 0.29) is 6.42 Å². The Labute approximate surface area is 104 Å². The van der Waals surface area contributed by atoms with E-state index in [1.807, 2.05) is 0 Å². The lowest BCUT2D eigenvalue weighted by atomic mass is 10.1. The highest BCUT2D eigenvalue weighted by atomic mass is 19.3. The van der Waals surface area contributed by atoms with Gasteiger partial charge in [0.05, 0.1) is 26.6 Å². The fraction of sp³-hybridized carbons (Fsp3) is 0.417. The third-order valence-electron chi connectivity index (χ3n) is 2.39. The summed E-state index contributed by atoms with van der Waals surface area (Å²) in [4.78, 5) is 11.5. The van der Waals surface area contributed by atoms with Gasteiger partial charge in [0.1, 0.15) is 5.75 Å². The summed E-state index contributed by atoms with van der Waals surface area (Å²) in [5.41, 5.74) is 5.52. The first-order chi connectivity index (χ1) is 8.48. The molecule has 0 aromatic heterocycles. The van der Waals surface area contributed by atoms with E-state index in [4.69, 9.17) is 10.5 Å². The van der Waals surface area contributed by atoms with Crippen LogP contribution in [0.2, 0.25) is 0 Å². The van der Waals surface area contributed by atoms with Gasteiger partial charge in [0.25, 0.3) is 5.92 Å². The van der Waals surface area contributed by atoms with Gasteiger partial charge in [-0.2, -0.15) is 0 Å². The minimum atomic E-state index is -3.07.